The molecule has 0 radical (unpaired) electrons. The van der Waals surface area contributed by atoms with E-state index in [4.69, 9.17) is 4.74 Å². The van der Waals surface area contributed by atoms with Gasteiger partial charge in [-0.1, -0.05) is 18.2 Å². The fraction of sp³-hybridized carbons (Fsp3) is 0.211. The third-order valence-corrected chi connectivity index (χ3v) is 4.26. The smallest absolute Gasteiger partial charge is 0.311 e. The lowest BCUT2D eigenvalue weighted by molar-refractivity contribution is -0.384. The van der Waals surface area contributed by atoms with Crippen LogP contribution < -0.4 is 5.43 Å². The monoisotopic (exact) mass is 383 g/mol. The molecule has 144 valence electrons. The van der Waals surface area contributed by atoms with Crippen molar-refractivity contribution in [3.05, 3.63) is 75.8 Å². The topological polar surface area (TPSA) is 119 Å². The predicted molar refractivity (Wildman–Crippen MR) is 96.6 cm³/mol. The molecule has 1 N–H and O–H groups in total. The molecule has 1 aliphatic heterocycles. The summed E-state index contributed by atoms with van der Waals surface area (Å²) >= 11 is 0. The highest BCUT2D eigenvalue weighted by Gasteiger charge is 2.36. The average Bonchev–Trinajstić information content (AvgIpc) is 3.07. The molecule has 1 heterocycles. The number of ether oxygens (including phenoxy) is 1. The Morgan fingerprint density at radius 2 is 1.82 bits per heavy atom. The van der Waals surface area contributed by atoms with Crippen molar-refractivity contribution in [1.82, 2.24) is 10.4 Å². The Hall–Kier alpha value is -3.75. The zero-order valence-corrected chi connectivity index (χ0v) is 14.7. The van der Waals surface area contributed by atoms with Gasteiger partial charge < -0.3 is 4.74 Å². The second kappa shape index (κ2) is 8.30. The molecule has 0 aromatic heterocycles. The molecule has 1 fully saturated rings. The van der Waals surface area contributed by atoms with Crippen LogP contribution in [-0.2, 0) is 20.9 Å². The van der Waals surface area contributed by atoms with Crippen LogP contribution in [-0.4, -0.2) is 34.3 Å². The number of nitrogens with one attached hydrogen (secondary N) is 1. The number of hydrazine groups is 1. The molecule has 0 saturated carbocycles. The molecule has 9 nitrogen and oxygen atoms in total. The van der Waals surface area contributed by atoms with Gasteiger partial charge in [0.2, 0.25) is 5.91 Å². The zero-order chi connectivity index (χ0) is 20.1. The van der Waals surface area contributed by atoms with Gasteiger partial charge in [0.15, 0.2) is 0 Å². The van der Waals surface area contributed by atoms with Crippen molar-refractivity contribution in [2.75, 3.05) is 6.54 Å². The summed E-state index contributed by atoms with van der Waals surface area (Å²) in [6.45, 7) is -0.0333. The van der Waals surface area contributed by atoms with Gasteiger partial charge in [0.05, 0.1) is 17.4 Å². The minimum Gasteiger partial charge on any atom is -0.461 e. The van der Waals surface area contributed by atoms with Crippen LogP contribution in [0.15, 0.2) is 54.6 Å². The first-order valence-electron chi connectivity index (χ1n) is 8.50. The maximum Gasteiger partial charge on any atom is 0.311 e. The minimum absolute atomic E-state index is 0.0243. The van der Waals surface area contributed by atoms with Crippen molar-refractivity contribution in [3.8, 4) is 0 Å². The number of benzene rings is 2. The Kier molecular flexibility index (Phi) is 5.64. The molecule has 2 amide bonds. The normalized spacial score (nSPS) is 15.9. The Morgan fingerprint density at radius 3 is 2.46 bits per heavy atom. The third-order valence-electron chi connectivity index (χ3n) is 4.26. The van der Waals surface area contributed by atoms with Gasteiger partial charge in [-0.3, -0.25) is 34.9 Å². The van der Waals surface area contributed by atoms with E-state index in [1.165, 1.54) is 24.3 Å². The number of esters is 1. The quantitative estimate of drug-likeness (QED) is 0.462. The van der Waals surface area contributed by atoms with E-state index in [1.807, 2.05) is 0 Å². The van der Waals surface area contributed by atoms with Gasteiger partial charge >= 0.3 is 5.97 Å². The summed E-state index contributed by atoms with van der Waals surface area (Å²) in [5.74, 6) is -2.07. The van der Waals surface area contributed by atoms with E-state index in [0.29, 0.717) is 11.1 Å². The fourth-order valence-corrected chi connectivity index (χ4v) is 2.74. The Balaban J connectivity index is 1.52. The minimum atomic E-state index is -0.693. The summed E-state index contributed by atoms with van der Waals surface area (Å²) in [6, 6.07) is 14.1. The number of nitro benzene ring substituents is 1. The number of nitrogens with zero attached hydrogens (tertiary/aromatic N) is 2. The van der Waals surface area contributed by atoms with Crippen molar-refractivity contribution in [2.45, 2.75) is 13.0 Å². The van der Waals surface area contributed by atoms with Crippen LogP contribution in [0.5, 0.6) is 0 Å². The number of amides is 2. The van der Waals surface area contributed by atoms with Gasteiger partial charge in [0.1, 0.15) is 6.61 Å². The predicted octanol–water partition coefficient (Wildman–Crippen LogP) is 1.83. The largest absolute Gasteiger partial charge is 0.461 e. The lowest BCUT2D eigenvalue weighted by Crippen LogP contribution is -2.43. The highest BCUT2D eigenvalue weighted by atomic mass is 16.6. The van der Waals surface area contributed by atoms with E-state index in [1.54, 1.807) is 30.3 Å². The molecule has 9 heteroatoms. The van der Waals surface area contributed by atoms with Gasteiger partial charge in [0.25, 0.3) is 11.6 Å². The highest BCUT2D eigenvalue weighted by Crippen LogP contribution is 2.19. The molecule has 0 bridgehead atoms. The number of carbonyl (C=O) groups is 3. The van der Waals surface area contributed by atoms with Crippen LogP contribution in [0.3, 0.4) is 0 Å². The van der Waals surface area contributed by atoms with Gasteiger partial charge in [-0.2, -0.15) is 0 Å². The Labute approximate surface area is 160 Å². The van der Waals surface area contributed by atoms with E-state index < -0.39 is 22.7 Å². The van der Waals surface area contributed by atoms with Crippen LogP contribution in [0, 0.1) is 16.0 Å². The summed E-state index contributed by atoms with van der Waals surface area (Å²) in [5, 5.41) is 11.8. The maximum absolute atomic E-state index is 12.2. The summed E-state index contributed by atoms with van der Waals surface area (Å²) in [7, 11) is 0. The van der Waals surface area contributed by atoms with E-state index in [9.17, 15) is 24.5 Å². The van der Waals surface area contributed by atoms with E-state index >= 15 is 0 Å². The molecule has 1 atom stereocenters. The molecule has 0 spiro atoms. The lowest BCUT2D eigenvalue weighted by Gasteiger charge is -2.17. The summed E-state index contributed by atoms with van der Waals surface area (Å²) < 4.78 is 5.20. The summed E-state index contributed by atoms with van der Waals surface area (Å²) in [6.07, 6.45) is -0.0613. The zero-order valence-electron chi connectivity index (χ0n) is 14.7. The summed E-state index contributed by atoms with van der Waals surface area (Å²) in [5.41, 5.74) is 3.44. The van der Waals surface area contributed by atoms with Crippen molar-refractivity contribution >= 4 is 23.5 Å². The average molecular weight is 383 g/mol. The van der Waals surface area contributed by atoms with Crippen molar-refractivity contribution in [3.63, 3.8) is 0 Å². The fourth-order valence-electron chi connectivity index (χ4n) is 2.74. The lowest BCUT2D eigenvalue weighted by atomic mass is 10.1. The van der Waals surface area contributed by atoms with Crippen LogP contribution >= 0.6 is 0 Å². The van der Waals surface area contributed by atoms with Gasteiger partial charge in [0, 0.05) is 24.1 Å². The first kappa shape index (κ1) is 19.0. The van der Waals surface area contributed by atoms with E-state index in [-0.39, 0.29) is 31.2 Å². The number of carbonyl (C=O) groups excluding carboxylic acids is 3. The van der Waals surface area contributed by atoms with Crippen LogP contribution in [0.25, 0.3) is 0 Å². The first-order valence-corrected chi connectivity index (χ1v) is 8.50. The van der Waals surface area contributed by atoms with Gasteiger partial charge in [-0.25, -0.2) is 0 Å². The van der Waals surface area contributed by atoms with Crippen LogP contribution in [0.4, 0.5) is 5.69 Å². The Bertz CT molecular complexity index is 898. The number of hydrogen-bond donors (Lipinski definition) is 1. The molecular formula is C19H17N3O6. The third kappa shape index (κ3) is 4.50. The van der Waals surface area contributed by atoms with Crippen molar-refractivity contribution in [2.24, 2.45) is 5.92 Å². The number of non-ortho nitro benzene ring substituents is 1. The number of rotatable bonds is 6. The Morgan fingerprint density at radius 1 is 1.14 bits per heavy atom. The van der Waals surface area contributed by atoms with Crippen LogP contribution in [0.1, 0.15) is 22.3 Å². The maximum atomic E-state index is 12.2. The summed E-state index contributed by atoms with van der Waals surface area (Å²) in [4.78, 5) is 46.5. The van der Waals surface area contributed by atoms with Gasteiger partial charge in [-0.15, -0.1) is 0 Å². The second-order valence-corrected chi connectivity index (χ2v) is 6.24. The van der Waals surface area contributed by atoms with Gasteiger partial charge in [-0.05, 0) is 29.8 Å². The molecule has 1 aliphatic rings. The number of nitro groups is 1. The first-order chi connectivity index (χ1) is 13.4. The van der Waals surface area contributed by atoms with Crippen LogP contribution in [0.2, 0.25) is 0 Å². The molecular weight excluding hydrogens is 366 g/mol. The van der Waals surface area contributed by atoms with Crippen molar-refractivity contribution < 1.29 is 24.0 Å². The molecule has 2 aromatic rings. The molecule has 1 saturated heterocycles. The molecule has 2 aromatic carbocycles. The second-order valence-electron chi connectivity index (χ2n) is 6.24. The highest BCUT2D eigenvalue weighted by molar-refractivity contribution is 5.96. The van der Waals surface area contributed by atoms with E-state index in [0.717, 1.165) is 5.01 Å². The molecule has 3 rings (SSSR count). The molecule has 28 heavy (non-hydrogen) atoms. The van der Waals surface area contributed by atoms with E-state index in [2.05, 4.69) is 5.43 Å². The number of hydrogen-bond acceptors (Lipinski definition) is 6. The van der Waals surface area contributed by atoms with Crippen molar-refractivity contribution in [1.29, 1.82) is 0 Å². The molecule has 0 unspecified atom stereocenters. The molecule has 0 aliphatic carbocycles. The SMILES string of the molecule is O=C(NN1C[C@H](C(=O)OCc2ccc([N+](=O)[O-])cc2)CC1=O)c1ccccc1. The standard InChI is InChI=1S/C19H17N3O6/c23-17-10-15(11-21(17)20-18(24)14-4-2-1-3-5-14)19(25)28-12-13-6-8-16(9-7-13)22(26)27/h1-9,15H,10-12H2,(H,20,24)/t15-/m1/s1.